The molecule has 4 rings (SSSR count). The number of rotatable bonds is 9. The van der Waals surface area contributed by atoms with Crippen molar-refractivity contribution >= 4 is 36.0 Å². The number of H-pyrrole nitrogens is 1. The molecule has 44 heavy (non-hydrogen) atoms. The van der Waals surface area contributed by atoms with Gasteiger partial charge in [-0.15, -0.1) is 0 Å². The van der Waals surface area contributed by atoms with Gasteiger partial charge in [-0.25, -0.2) is 9.59 Å². The highest BCUT2D eigenvalue weighted by molar-refractivity contribution is 7.71. The van der Waals surface area contributed by atoms with Crippen LogP contribution in [0.2, 0.25) is 0 Å². The summed E-state index contributed by atoms with van der Waals surface area (Å²) in [6.45, 7) is 10.8. The first-order valence-corrected chi connectivity index (χ1v) is 15.0. The lowest BCUT2D eigenvalue weighted by Gasteiger charge is -2.27. The molecule has 2 fully saturated rings. The summed E-state index contributed by atoms with van der Waals surface area (Å²) in [5.41, 5.74) is -0.868. The number of nitrogens with one attached hydrogen (secondary N) is 1. The number of nitrogens with zero attached hydrogens (tertiary/aromatic N) is 3. The summed E-state index contributed by atoms with van der Waals surface area (Å²) < 4.78 is 27.7. The molecule has 240 valence electrons. The zero-order valence-corrected chi connectivity index (χ0v) is 26.8. The van der Waals surface area contributed by atoms with E-state index in [0.29, 0.717) is 44.3 Å². The molecule has 3 heterocycles. The molecule has 0 radical (unpaired) electrons. The van der Waals surface area contributed by atoms with E-state index in [2.05, 4.69) is 10.1 Å². The first kappa shape index (κ1) is 33.0. The summed E-state index contributed by atoms with van der Waals surface area (Å²) in [7, 11) is 0. The van der Waals surface area contributed by atoms with Gasteiger partial charge in [-0.2, -0.15) is 0 Å². The summed E-state index contributed by atoms with van der Waals surface area (Å²) in [5, 5.41) is 3.90. The molecule has 1 aromatic heterocycles. The molecule has 0 saturated carbocycles. The minimum absolute atomic E-state index is 0.0589. The van der Waals surface area contributed by atoms with Crippen molar-refractivity contribution in [3.8, 4) is 22.9 Å². The van der Waals surface area contributed by atoms with E-state index < -0.39 is 35.2 Å². The van der Waals surface area contributed by atoms with E-state index in [1.807, 2.05) is 0 Å². The zero-order valence-electron chi connectivity index (χ0n) is 26.0. The van der Waals surface area contributed by atoms with Crippen LogP contribution in [0.1, 0.15) is 67.2 Å². The van der Waals surface area contributed by atoms with Crippen molar-refractivity contribution in [2.45, 2.75) is 90.5 Å². The largest absolute Gasteiger partial charge is 0.484 e. The molecule has 2 aliphatic rings. The van der Waals surface area contributed by atoms with Crippen LogP contribution in [0.5, 0.6) is 11.5 Å². The Balaban J connectivity index is 1.45. The van der Waals surface area contributed by atoms with Crippen LogP contribution < -0.4 is 9.47 Å². The highest BCUT2D eigenvalue weighted by Gasteiger charge is 2.38. The summed E-state index contributed by atoms with van der Waals surface area (Å²) in [6, 6.07) is 3.40. The molecular formula is C30H40N4O9S. The van der Waals surface area contributed by atoms with Crippen molar-refractivity contribution < 1.29 is 42.6 Å². The van der Waals surface area contributed by atoms with E-state index in [4.69, 9.17) is 35.7 Å². The summed E-state index contributed by atoms with van der Waals surface area (Å²) >= 11 is 5.00. The predicted molar refractivity (Wildman–Crippen MR) is 159 cm³/mol. The van der Waals surface area contributed by atoms with E-state index in [0.717, 1.165) is 0 Å². The van der Waals surface area contributed by atoms with Crippen molar-refractivity contribution in [1.29, 1.82) is 0 Å². The molecule has 0 bridgehead atoms. The Kier molecular flexibility index (Phi) is 10.0. The van der Waals surface area contributed by atoms with Crippen molar-refractivity contribution in [3.05, 3.63) is 23.0 Å². The minimum Gasteiger partial charge on any atom is -0.484 e. The molecule has 13 nitrogen and oxygen atoms in total. The molecule has 2 aliphatic heterocycles. The fraction of sp³-hybridized carbons (Fsp3) is 0.600. The zero-order chi connectivity index (χ0) is 32.2. The number of aromatic nitrogens is 2. The van der Waals surface area contributed by atoms with E-state index in [1.165, 1.54) is 15.9 Å². The van der Waals surface area contributed by atoms with E-state index in [-0.39, 0.29) is 47.2 Å². The van der Waals surface area contributed by atoms with Crippen LogP contribution in [0.4, 0.5) is 0 Å². The number of carbonyl (C=O) groups is 4. The van der Waals surface area contributed by atoms with Gasteiger partial charge in [0, 0.05) is 24.7 Å². The molecule has 2 saturated heterocycles. The first-order chi connectivity index (χ1) is 20.6. The van der Waals surface area contributed by atoms with E-state index >= 15 is 0 Å². The van der Waals surface area contributed by atoms with Crippen LogP contribution in [0.25, 0.3) is 11.4 Å². The number of ether oxygens (including phenoxy) is 4. The number of amides is 2. The third-order valence-electron chi connectivity index (χ3n) is 6.82. The van der Waals surface area contributed by atoms with Gasteiger partial charge < -0.3 is 33.3 Å². The van der Waals surface area contributed by atoms with Gasteiger partial charge in [-0.3, -0.25) is 14.6 Å². The van der Waals surface area contributed by atoms with Gasteiger partial charge in [-0.05, 0) is 91.6 Å². The van der Waals surface area contributed by atoms with Crippen LogP contribution in [0, 0.1) is 4.84 Å². The molecule has 0 spiro atoms. The molecule has 1 N–H and O–H groups in total. The number of hydrogen-bond donors (Lipinski definition) is 1. The predicted octanol–water partition coefficient (Wildman–Crippen LogP) is 3.82. The Morgan fingerprint density at radius 1 is 0.841 bits per heavy atom. The second-order valence-electron chi connectivity index (χ2n) is 12.8. The van der Waals surface area contributed by atoms with E-state index in [1.54, 1.807) is 53.7 Å². The fourth-order valence-electron chi connectivity index (χ4n) is 5.05. The number of hydrogen-bond acceptors (Lipinski definition) is 11. The molecule has 2 amide bonds. The topological polar surface area (TPSA) is 154 Å². The SMILES string of the molecule is CC(C)(C)OC(=O)[C@H]1CCCN1C(=O)COc1cc(OCC(=O)N2CCC[C@@H]2C(=O)OC(C)(C)C)cc(-c2noc(=S)[nH]2)c1. The molecular weight excluding hydrogens is 592 g/mol. The number of esters is 2. The highest BCUT2D eigenvalue weighted by Crippen LogP contribution is 2.30. The lowest BCUT2D eigenvalue weighted by atomic mass is 10.1. The Morgan fingerprint density at radius 3 is 1.68 bits per heavy atom. The Hall–Kier alpha value is -3.94. The maximum absolute atomic E-state index is 13.1. The van der Waals surface area contributed by atoms with Gasteiger partial charge in [0.15, 0.2) is 19.0 Å². The molecule has 2 atom stereocenters. The summed E-state index contributed by atoms with van der Waals surface area (Å²) in [5.74, 6) is -0.841. The number of carbonyl (C=O) groups excluding carboxylic acids is 4. The maximum Gasteiger partial charge on any atom is 0.329 e. The second-order valence-corrected chi connectivity index (χ2v) is 13.1. The highest BCUT2D eigenvalue weighted by atomic mass is 32.1. The van der Waals surface area contributed by atoms with E-state index in [9.17, 15) is 19.2 Å². The van der Waals surface area contributed by atoms with Crippen LogP contribution in [-0.2, 0) is 28.7 Å². The lowest BCUT2D eigenvalue weighted by molar-refractivity contribution is -0.164. The summed E-state index contributed by atoms with van der Waals surface area (Å²) in [4.78, 5) is 57.4. The number of likely N-dealkylation sites (tertiary alicyclic amines) is 2. The Bertz CT molecular complexity index is 1360. The Morgan fingerprint density at radius 2 is 1.30 bits per heavy atom. The minimum atomic E-state index is -0.674. The van der Waals surface area contributed by atoms with Gasteiger partial charge in [0.25, 0.3) is 16.7 Å². The first-order valence-electron chi connectivity index (χ1n) is 14.6. The van der Waals surface area contributed by atoms with Crippen molar-refractivity contribution in [2.24, 2.45) is 0 Å². The number of aromatic amines is 1. The molecule has 2 aromatic rings. The summed E-state index contributed by atoms with van der Waals surface area (Å²) in [6.07, 6.45) is 2.38. The average Bonchev–Trinajstić information content (AvgIpc) is 3.69. The lowest BCUT2D eigenvalue weighted by Crippen LogP contribution is -2.45. The van der Waals surface area contributed by atoms with Gasteiger partial charge in [0.1, 0.15) is 34.8 Å². The van der Waals surface area contributed by atoms with Gasteiger partial charge >= 0.3 is 11.9 Å². The molecule has 0 aliphatic carbocycles. The standard InChI is InChI=1S/C30H40N4O9S/c1-29(2,3)41-26(37)21-9-7-11-33(21)23(35)16-39-19-13-18(25-31-28(44)43-32-25)14-20(15-19)40-17-24(36)34-12-8-10-22(34)27(38)42-30(4,5)6/h13-15,21-22H,7-12,16-17H2,1-6H3,(H,31,32,44)/t21-,22-/m1/s1. The number of benzene rings is 1. The smallest absolute Gasteiger partial charge is 0.329 e. The average molecular weight is 633 g/mol. The second kappa shape index (κ2) is 13.4. The molecule has 0 unspecified atom stereocenters. The van der Waals surface area contributed by atoms with Gasteiger partial charge in [0.2, 0.25) is 0 Å². The van der Waals surface area contributed by atoms with Crippen LogP contribution in [-0.4, -0.2) is 93.3 Å². The fourth-order valence-corrected chi connectivity index (χ4v) is 5.18. The molecule has 1 aromatic carbocycles. The molecule has 14 heteroatoms. The van der Waals surface area contributed by atoms with Crippen LogP contribution in [0.3, 0.4) is 0 Å². The monoisotopic (exact) mass is 632 g/mol. The maximum atomic E-state index is 13.1. The van der Waals surface area contributed by atoms with Crippen LogP contribution >= 0.6 is 12.2 Å². The quantitative estimate of drug-likeness (QED) is 0.317. The Labute approximate surface area is 261 Å². The third kappa shape index (κ3) is 8.80. The third-order valence-corrected chi connectivity index (χ3v) is 7.00. The van der Waals surface area contributed by atoms with Crippen molar-refractivity contribution in [3.63, 3.8) is 0 Å². The van der Waals surface area contributed by atoms with Crippen LogP contribution in [0.15, 0.2) is 22.7 Å². The normalized spacial score (nSPS) is 18.7. The van der Waals surface area contributed by atoms with Crippen molar-refractivity contribution in [2.75, 3.05) is 26.3 Å². The van der Waals surface area contributed by atoms with Gasteiger partial charge in [-0.1, -0.05) is 5.16 Å². The van der Waals surface area contributed by atoms with Crippen molar-refractivity contribution in [1.82, 2.24) is 19.9 Å². The van der Waals surface area contributed by atoms with Gasteiger partial charge in [0.05, 0.1) is 0 Å².